The van der Waals surface area contributed by atoms with Gasteiger partial charge in [-0.25, -0.2) is 8.42 Å². The summed E-state index contributed by atoms with van der Waals surface area (Å²) >= 11 is 8.77. The van der Waals surface area contributed by atoms with Crippen molar-refractivity contribution in [1.29, 1.82) is 0 Å². The van der Waals surface area contributed by atoms with E-state index in [4.69, 9.17) is 11.6 Å². The van der Waals surface area contributed by atoms with E-state index >= 15 is 0 Å². The lowest BCUT2D eigenvalue weighted by Crippen LogP contribution is -1.80. The van der Waals surface area contributed by atoms with Crippen molar-refractivity contribution < 1.29 is 8.42 Å². The van der Waals surface area contributed by atoms with Gasteiger partial charge in [0.15, 0.2) is 10.7 Å². The molecule has 0 saturated carbocycles. The summed E-state index contributed by atoms with van der Waals surface area (Å²) < 4.78 is 21.7. The molecule has 0 aromatic heterocycles. The van der Waals surface area contributed by atoms with Crippen LogP contribution in [0.5, 0.6) is 0 Å². The Hall–Kier alpha value is -0.0600. The van der Waals surface area contributed by atoms with Crippen LogP contribution in [-0.4, -0.2) is 8.42 Å². The number of thiol groups is 1. The topological polar surface area (TPSA) is 34.1 Å². The zero-order valence-electron chi connectivity index (χ0n) is 5.25. The molecule has 60 valence electrons. The maximum absolute atomic E-state index is 10.5. The van der Waals surface area contributed by atoms with Crippen LogP contribution in [0.25, 0.3) is 0 Å². The molecule has 0 bridgehead atoms. The van der Waals surface area contributed by atoms with E-state index in [1.165, 1.54) is 6.07 Å². The molecule has 0 saturated heterocycles. The highest BCUT2D eigenvalue weighted by Crippen LogP contribution is 2.21. The monoisotopic (exact) mass is 254 g/mol. The van der Waals surface area contributed by atoms with Crippen molar-refractivity contribution in [3.63, 3.8) is 0 Å². The second kappa shape index (κ2) is 3.56. The minimum atomic E-state index is -2.58. The normalized spacial score (nSPS) is 10.5. The standard InChI is InChI=1S/C6H4BrClO2S/c7-4-1-2-6(11(9)10)5(8)3-4/h1-3,11H. The third-order valence-electron chi connectivity index (χ3n) is 1.11. The highest BCUT2D eigenvalue weighted by Gasteiger charge is 2.01. The van der Waals surface area contributed by atoms with Crippen LogP contribution < -0.4 is 0 Å². The minimum absolute atomic E-state index is 0.157. The van der Waals surface area contributed by atoms with Gasteiger partial charge in [0, 0.05) is 4.47 Å². The van der Waals surface area contributed by atoms with Crippen LogP contribution in [0.1, 0.15) is 0 Å². The minimum Gasteiger partial charge on any atom is -0.227 e. The summed E-state index contributed by atoms with van der Waals surface area (Å²) in [7, 11) is -2.58. The van der Waals surface area contributed by atoms with Gasteiger partial charge in [-0.2, -0.15) is 0 Å². The first-order valence-corrected chi connectivity index (χ1v) is 5.05. The van der Waals surface area contributed by atoms with E-state index in [2.05, 4.69) is 15.9 Å². The largest absolute Gasteiger partial charge is 0.227 e. The Morgan fingerprint density at radius 1 is 1.36 bits per heavy atom. The van der Waals surface area contributed by atoms with Crippen molar-refractivity contribution in [2.45, 2.75) is 4.90 Å². The van der Waals surface area contributed by atoms with Crippen molar-refractivity contribution in [3.8, 4) is 0 Å². The average Bonchev–Trinajstić information content (AvgIpc) is 1.85. The van der Waals surface area contributed by atoms with Gasteiger partial charge in [-0.3, -0.25) is 0 Å². The molecule has 1 rings (SSSR count). The fourth-order valence-electron chi connectivity index (χ4n) is 0.629. The van der Waals surface area contributed by atoms with Crippen LogP contribution in [0.4, 0.5) is 0 Å². The molecular formula is C6H4BrClO2S. The number of hydrogen-bond acceptors (Lipinski definition) is 2. The molecule has 1 aromatic rings. The van der Waals surface area contributed by atoms with Gasteiger partial charge in [0.05, 0.1) is 9.92 Å². The number of halogens is 2. The van der Waals surface area contributed by atoms with Crippen LogP contribution in [0.3, 0.4) is 0 Å². The van der Waals surface area contributed by atoms with Crippen LogP contribution in [-0.2, 0) is 10.7 Å². The maximum atomic E-state index is 10.5. The van der Waals surface area contributed by atoms with Crippen molar-refractivity contribution in [1.82, 2.24) is 0 Å². The van der Waals surface area contributed by atoms with E-state index in [1.807, 2.05) is 0 Å². The number of rotatable bonds is 1. The summed E-state index contributed by atoms with van der Waals surface area (Å²) in [6, 6.07) is 4.63. The Labute approximate surface area is 79.3 Å². The summed E-state index contributed by atoms with van der Waals surface area (Å²) in [6.45, 7) is 0. The van der Waals surface area contributed by atoms with E-state index in [0.717, 1.165) is 4.47 Å². The molecule has 0 spiro atoms. The zero-order valence-corrected chi connectivity index (χ0v) is 8.49. The van der Waals surface area contributed by atoms with Crippen LogP contribution in [0.2, 0.25) is 5.02 Å². The molecule has 0 N–H and O–H groups in total. The van der Waals surface area contributed by atoms with Crippen LogP contribution >= 0.6 is 27.5 Å². The first-order valence-electron chi connectivity index (χ1n) is 2.70. The fourth-order valence-corrected chi connectivity index (χ4v) is 1.94. The summed E-state index contributed by atoms with van der Waals surface area (Å²) in [5.41, 5.74) is 0. The van der Waals surface area contributed by atoms with Crippen LogP contribution in [0.15, 0.2) is 27.6 Å². The van der Waals surface area contributed by atoms with E-state index in [9.17, 15) is 8.42 Å². The summed E-state index contributed by atoms with van der Waals surface area (Å²) in [6.07, 6.45) is 0. The Kier molecular flexibility index (Phi) is 2.92. The molecule has 0 aliphatic rings. The molecule has 2 nitrogen and oxygen atoms in total. The molecular weight excluding hydrogens is 251 g/mol. The number of benzene rings is 1. The van der Waals surface area contributed by atoms with Crippen molar-refractivity contribution in [3.05, 3.63) is 27.7 Å². The van der Waals surface area contributed by atoms with Gasteiger partial charge >= 0.3 is 0 Å². The Bertz CT molecular complexity index is 340. The molecule has 0 fully saturated rings. The van der Waals surface area contributed by atoms with Gasteiger partial charge < -0.3 is 0 Å². The van der Waals surface area contributed by atoms with Crippen molar-refractivity contribution in [2.24, 2.45) is 0 Å². The summed E-state index contributed by atoms with van der Waals surface area (Å²) in [5.74, 6) is 0. The SMILES string of the molecule is O=[SH](=O)c1ccc(Br)cc1Cl. The second-order valence-electron chi connectivity index (χ2n) is 1.85. The molecule has 0 atom stereocenters. The smallest absolute Gasteiger partial charge is 0.169 e. The van der Waals surface area contributed by atoms with Crippen LogP contribution in [0, 0.1) is 0 Å². The lowest BCUT2D eigenvalue weighted by atomic mass is 10.4. The van der Waals surface area contributed by atoms with E-state index < -0.39 is 10.7 Å². The summed E-state index contributed by atoms with van der Waals surface area (Å²) in [4.78, 5) is 0.157. The lowest BCUT2D eigenvalue weighted by Gasteiger charge is -1.94. The van der Waals surface area contributed by atoms with Gasteiger partial charge in [-0.1, -0.05) is 27.5 Å². The molecule has 0 radical (unpaired) electrons. The predicted octanol–water partition coefficient (Wildman–Crippen LogP) is 2.07. The molecule has 0 heterocycles. The zero-order chi connectivity index (χ0) is 8.43. The van der Waals surface area contributed by atoms with E-state index in [0.29, 0.717) is 0 Å². The van der Waals surface area contributed by atoms with Gasteiger partial charge in [-0.15, -0.1) is 0 Å². The highest BCUT2D eigenvalue weighted by atomic mass is 79.9. The molecule has 11 heavy (non-hydrogen) atoms. The fraction of sp³-hybridized carbons (Fsp3) is 0. The van der Waals surface area contributed by atoms with Gasteiger partial charge in [-0.05, 0) is 18.2 Å². The quantitative estimate of drug-likeness (QED) is 0.780. The summed E-state index contributed by atoms with van der Waals surface area (Å²) in [5, 5.41) is 0.246. The van der Waals surface area contributed by atoms with Crippen molar-refractivity contribution in [2.75, 3.05) is 0 Å². The third kappa shape index (κ3) is 2.18. The van der Waals surface area contributed by atoms with Gasteiger partial charge in [0.1, 0.15) is 0 Å². The predicted molar refractivity (Wildman–Crippen MR) is 47.7 cm³/mol. The van der Waals surface area contributed by atoms with Gasteiger partial charge in [0.25, 0.3) is 0 Å². The van der Waals surface area contributed by atoms with E-state index in [1.54, 1.807) is 12.1 Å². The molecule has 0 aliphatic heterocycles. The molecule has 0 amide bonds. The first kappa shape index (κ1) is 9.03. The molecule has 5 heteroatoms. The first-order chi connectivity index (χ1) is 5.11. The van der Waals surface area contributed by atoms with E-state index in [-0.39, 0.29) is 9.92 Å². The highest BCUT2D eigenvalue weighted by molar-refractivity contribution is 9.10. The van der Waals surface area contributed by atoms with Crippen molar-refractivity contribution >= 4 is 38.2 Å². The molecule has 0 unspecified atom stereocenters. The maximum Gasteiger partial charge on any atom is 0.169 e. The second-order valence-corrected chi connectivity index (χ2v) is 4.17. The Morgan fingerprint density at radius 3 is 2.45 bits per heavy atom. The third-order valence-corrected chi connectivity index (χ3v) is 2.83. The Balaban J connectivity index is 3.31. The van der Waals surface area contributed by atoms with Gasteiger partial charge in [0.2, 0.25) is 0 Å². The lowest BCUT2D eigenvalue weighted by molar-refractivity contribution is 0.614. The number of hydrogen-bond donors (Lipinski definition) is 1. The Morgan fingerprint density at radius 2 is 2.00 bits per heavy atom. The molecule has 1 aromatic carbocycles. The average molecular weight is 256 g/mol. The molecule has 0 aliphatic carbocycles.